The maximum absolute atomic E-state index is 6.40. The Morgan fingerprint density at radius 2 is 1.90 bits per heavy atom. The van der Waals surface area contributed by atoms with Crippen molar-refractivity contribution in [3.8, 4) is 11.1 Å². The van der Waals surface area contributed by atoms with Crippen molar-refractivity contribution in [2.45, 2.75) is 32.7 Å². The minimum absolute atomic E-state index is 0.301. The first-order valence-electron chi connectivity index (χ1n) is 9.68. The molecule has 0 aliphatic carbocycles. The summed E-state index contributed by atoms with van der Waals surface area (Å²) in [7, 11) is 0. The van der Waals surface area contributed by atoms with Gasteiger partial charge in [-0.2, -0.15) is 4.98 Å². The Morgan fingerprint density at radius 3 is 2.66 bits per heavy atom. The molecular weight excluding hydrogens is 466 g/mol. The Hall–Kier alpha value is -1.95. The molecule has 3 nitrogen and oxygen atoms in total. The highest BCUT2D eigenvalue weighted by molar-refractivity contribution is 9.10. The number of hydrogen-bond donors (Lipinski definition) is 0. The van der Waals surface area contributed by atoms with Gasteiger partial charge in [0.1, 0.15) is 10.6 Å². The molecule has 1 aliphatic rings. The molecule has 0 radical (unpaired) electrons. The van der Waals surface area contributed by atoms with E-state index in [9.17, 15) is 0 Å². The fourth-order valence-electron chi connectivity index (χ4n) is 4.24. The van der Waals surface area contributed by atoms with E-state index >= 15 is 0 Å². The molecule has 1 atom stereocenters. The van der Waals surface area contributed by atoms with Crippen molar-refractivity contribution < 1.29 is 0 Å². The van der Waals surface area contributed by atoms with E-state index in [0.717, 1.165) is 33.3 Å². The molecule has 6 heteroatoms. The first kappa shape index (κ1) is 19.0. The zero-order valence-corrected chi connectivity index (χ0v) is 19.3. The number of thiophene rings is 1. The molecule has 3 heterocycles. The van der Waals surface area contributed by atoms with Crippen LogP contribution in [0.4, 0.5) is 11.5 Å². The van der Waals surface area contributed by atoms with Crippen LogP contribution >= 0.6 is 38.9 Å². The van der Waals surface area contributed by atoms with Crippen LogP contribution in [-0.4, -0.2) is 16.0 Å². The van der Waals surface area contributed by atoms with Crippen molar-refractivity contribution in [1.29, 1.82) is 0 Å². The van der Waals surface area contributed by atoms with Crippen molar-refractivity contribution in [3.05, 3.63) is 68.7 Å². The fraction of sp³-hybridized carbons (Fsp3) is 0.217. The molecule has 146 valence electrons. The third-order valence-electron chi connectivity index (χ3n) is 5.47. The second-order valence-electron chi connectivity index (χ2n) is 7.31. The normalized spacial score (nSPS) is 15.9. The highest BCUT2D eigenvalue weighted by Crippen LogP contribution is 2.47. The lowest BCUT2D eigenvalue weighted by Crippen LogP contribution is -2.25. The number of halogens is 2. The number of rotatable bonds is 3. The minimum atomic E-state index is 0.301. The number of aromatic nitrogens is 2. The zero-order chi connectivity index (χ0) is 20.1. The Kier molecular flexibility index (Phi) is 4.85. The van der Waals surface area contributed by atoms with Crippen molar-refractivity contribution in [2.24, 2.45) is 0 Å². The van der Waals surface area contributed by atoms with E-state index in [1.54, 1.807) is 11.3 Å². The monoisotopic (exact) mass is 483 g/mol. The van der Waals surface area contributed by atoms with Gasteiger partial charge in [0.2, 0.25) is 5.28 Å². The number of fused-ring (bicyclic) bond motifs is 2. The highest BCUT2D eigenvalue weighted by Gasteiger charge is 2.31. The minimum Gasteiger partial charge on any atom is -0.322 e. The topological polar surface area (TPSA) is 29.0 Å². The molecule has 0 bridgehead atoms. The summed E-state index contributed by atoms with van der Waals surface area (Å²) in [6.07, 6.45) is 1.94. The van der Waals surface area contributed by atoms with E-state index in [-0.39, 0.29) is 0 Å². The van der Waals surface area contributed by atoms with Crippen molar-refractivity contribution >= 4 is 60.6 Å². The predicted octanol–water partition coefficient (Wildman–Crippen LogP) is 7.42. The average molecular weight is 485 g/mol. The molecule has 29 heavy (non-hydrogen) atoms. The van der Waals surface area contributed by atoms with Crippen LogP contribution in [0.25, 0.3) is 21.3 Å². The molecule has 1 unspecified atom stereocenters. The van der Waals surface area contributed by atoms with Crippen LogP contribution in [0, 0.1) is 0 Å². The third kappa shape index (κ3) is 3.16. The second-order valence-corrected chi connectivity index (χ2v) is 9.65. The number of benzene rings is 2. The molecule has 0 spiro atoms. The number of nitrogens with zero attached hydrogens (tertiary/aromatic N) is 3. The van der Waals surface area contributed by atoms with E-state index in [1.807, 2.05) is 0 Å². The van der Waals surface area contributed by atoms with Gasteiger partial charge >= 0.3 is 0 Å². The van der Waals surface area contributed by atoms with Gasteiger partial charge in [-0.15, -0.1) is 11.3 Å². The van der Waals surface area contributed by atoms with Crippen LogP contribution < -0.4 is 4.90 Å². The van der Waals surface area contributed by atoms with Gasteiger partial charge in [0.15, 0.2) is 0 Å². The van der Waals surface area contributed by atoms with Gasteiger partial charge in [-0.1, -0.05) is 53.2 Å². The van der Waals surface area contributed by atoms with Gasteiger partial charge in [0, 0.05) is 26.6 Å². The Bertz CT molecular complexity index is 1220. The van der Waals surface area contributed by atoms with Crippen LogP contribution in [0.1, 0.15) is 24.3 Å². The lowest BCUT2D eigenvalue weighted by atomic mass is 10.0. The van der Waals surface area contributed by atoms with E-state index in [0.29, 0.717) is 11.3 Å². The van der Waals surface area contributed by atoms with Gasteiger partial charge in [0.05, 0.1) is 5.39 Å². The Labute approximate surface area is 187 Å². The van der Waals surface area contributed by atoms with Crippen molar-refractivity contribution in [1.82, 2.24) is 9.97 Å². The van der Waals surface area contributed by atoms with Crippen molar-refractivity contribution in [3.63, 3.8) is 0 Å². The molecule has 0 amide bonds. The lowest BCUT2D eigenvalue weighted by Gasteiger charge is -2.25. The summed E-state index contributed by atoms with van der Waals surface area (Å²) < 4.78 is 1.07. The maximum Gasteiger partial charge on any atom is 0.225 e. The Morgan fingerprint density at radius 1 is 1.14 bits per heavy atom. The van der Waals surface area contributed by atoms with E-state index in [4.69, 9.17) is 16.6 Å². The molecule has 1 aliphatic heterocycles. The van der Waals surface area contributed by atoms with Crippen LogP contribution in [0.5, 0.6) is 0 Å². The van der Waals surface area contributed by atoms with Crippen molar-refractivity contribution in [2.75, 3.05) is 4.90 Å². The first-order chi connectivity index (χ1) is 14.1. The quantitative estimate of drug-likeness (QED) is 0.283. The molecule has 4 aromatic rings. The lowest BCUT2D eigenvalue weighted by molar-refractivity contribution is 0.752. The molecule has 2 aromatic heterocycles. The van der Waals surface area contributed by atoms with Gasteiger partial charge in [-0.25, -0.2) is 4.98 Å². The number of hydrogen-bond acceptors (Lipinski definition) is 4. The SMILES string of the molecule is CCc1sc2nc(Cl)nc(N3c4ccccc4CC3C)c2c1-c1ccc(Br)cc1. The van der Waals surface area contributed by atoms with Gasteiger partial charge < -0.3 is 4.90 Å². The first-order valence-corrected chi connectivity index (χ1v) is 11.7. The molecule has 2 aromatic carbocycles. The van der Waals surface area contributed by atoms with Gasteiger partial charge in [-0.05, 0) is 60.7 Å². The molecule has 5 rings (SSSR count). The number of anilines is 2. The Balaban J connectivity index is 1.83. The smallest absolute Gasteiger partial charge is 0.225 e. The van der Waals surface area contributed by atoms with Crippen LogP contribution in [-0.2, 0) is 12.8 Å². The van der Waals surface area contributed by atoms with Crippen LogP contribution in [0.15, 0.2) is 53.0 Å². The molecule has 0 saturated heterocycles. The van der Waals surface area contributed by atoms with Gasteiger partial charge in [-0.3, -0.25) is 0 Å². The van der Waals surface area contributed by atoms with E-state index < -0.39 is 0 Å². The molecular formula is C23H19BrClN3S. The summed E-state index contributed by atoms with van der Waals surface area (Å²) in [5, 5.41) is 1.40. The standard InChI is InChI=1S/C23H19BrClN3S/c1-3-18-19(14-8-10-16(24)11-9-14)20-21(26-23(25)27-22(20)29-18)28-13(2)12-15-6-4-5-7-17(15)28/h4-11,13H,3,12H2,1-2H3. The molecule has 0 saturated carbocycles. The maximum atomic E-state index is 6.40. The summed E-state index contributed by atoms with van der Waals surface area (Å²) in [6, 6.07) is 17.4. The second kappa shape index (κ2) is 7.38. The summed E-state index contributed by atoms with van der Waals surface area (Å²) in [4.78, 5) is 13.9. The molecule has 0 fully saturated rings. The summed E-state index contributed by atoms with van der Waals surface area (Å²) >= 11 is 11.7. The van der Waals surface area contributed by atoms with Crippen LogP contribution in [0.2, 0.25) is 5.28 Å². The fourth-order valence-corrected chi connectivity index (χ4v) is 5.84. The summed E-state index contributed by atoms with van der Waals surface area (Å²) in [6.45, 7) is 4.43. The third-order valence-corrected chi connectivity index (χ3v) is 7.39. The number of para-hydroxylation sites is 1. The summed E-state index contributed by atoms with van der Waals surface area (Å²) in [5.41, 5.74) is 4.97. The van der Waals surface area contributed by atoms with E-state index in [1.165, 1.54) is 27.3 Å². The highest BCUT2D eigenvalue weighted by atomic mass is 79.9. The molecule has 0 N–H and O–H groups in total. The summed E-state index contributed by atoms with van der Waals surface area (Å²) in [5.74, 6) is 0.909. The van der Waals surface area contributed by atoms with E-state index in [2.05, 4.69) is 88.2 Å². The van der Waals surface area contributed by atoms with Crippen LogP contribution in [0.3, 0.4) is 0 Å². The van der Waals surface area contributed by atoms with Gasteiger partial charge in [0.25, 0.3) is 0 Å². The predicted molar refractivity (Wildman–Crippen MR) is 127 cm³/mol. The zero-order valence-electron chi connectivity index (χ0n) is 16.1. The largest absolute Gasteiger partial charge is 0.322 e. The average Bonchev–Trinajstić information content (AvgIpc) is 3.24. The number of aryl methyl sites for hydroxylation is 1.